The molecule has 1 aromatic heterocycles. The van der Waals surface area contributed by atoms with E-state index in [1.165, 1.54) is 0 Å². The number of aromatic nitrogens is 1. The Balaban J connectivity index is 2.09. The topological polar surface area (TPSA) is 137 Å². The van der Waals surface area contributed by atoms with Crippen molar-refractivity contribution in [3.05, 3.63) is 36.0 Å². The van der Waals surface area contributed by atoms with Gasteiger partial charge in [0.2, 0.25) is 11.8 Å². The fourth-order valence-electron chi connectivity index (χ4n) is 3.15. The van der Waals surface area contributed by atoms with Gasteiger partial charge < -0.3 is 26.5 Å². The van der Waals surface area contributed by atoms with Crippen molar-refractivity contribution in [2.45, 2.75) is 44.8 Å². The summed E-state index contributed by atoms with van der Waals surface area (Å²) < 4.78 is 0. The molecule has 0 fully saturated rings. The Labute approximate surface area is 180 Å². The number of nitrogens with two attached hydrogens (primary N) is 1. The number of rotatable bonds is 11. The molecule has 1 heterocycles. The molecule has 2 amide bonds. The molecule has 0 spiro atoms. The Morgan fingerprint density at radius 1 is 1.17 bits per heavy atom. The number of aliphatic carboxylic acids is 1. The number of para-hydroxylation sites is 1. The van der Waals surface area contributed by atoms with Crippen molar-refractivity contribution in [3.8, 4) is 0 Å². The largest absolute Gasteiger partial charge is 0.480 e. The van der Waals surface area contributed by atoms with Gasteiger partial charge in [-0.2, -0.15) is 11.8 Å². The van der Waals surface area contributed by atoms with Gasteiger partial charge in [0.1, 0.15) is 12.1 Å². The highest BCUT2D eigenvalue weighted by atomic mass is 32.2. The van der Waals surface area contributed by atoms with Gasteiger partial charge in [0, 0.05) is 23.5 Å². The minimum absolute atomic E-state index is 0.122. The van der Waals surface area contributed by atoms with Crippen LogP contribution >= 0.6 is 11.8 Å². The number of thioether (sulfide) groups is 1. The molecule has 0 bridgehead atoms. The molecule has 0 aliphatic carbocycles. The first kappa shape index (κ1) is 23.8. The Morgan fingerprint density at radius 3 is 2.50 bits per heavy atom. The van der Waals surface area contributed by atoms with Crippen LogP contribution in [0.2, 0.25) is 0 Å². The summed E-state index contributed by atoms with van der Waals surface area (Å²) in [5, 5.41) is 15.8. The molecule has 0 radical (unpaired) electrons. The van der Waals surface area contributed by atoms with E-state index in [0.717, 1.165) is 22.2 Å². The van der Waals surface area contributed by atoms with Gasteiger partial charge in [-0.05, 0) is 36.0 Å². The second-order valence-electron chi connectivity index (χ2n) is 7.58. The van der Waals surface area contributed by atoms with Gasteiger partial charge in [-0.15, -0.1) is 0 Å². The molecule has 2 aromatic rings. The standard InChI is InChI=1S/C21H30N4O4S/c1-12(2)18(25-19(26)15(22)8-9-30-3)20(27)24-17(21(28)29)10-13-11-23-16-7-5-4-6-14(13)16/h4-7,11-12,15,17-18,23H,8-10,22H2,1-3H3,(H,24,27)(H,25,26)(H,28,29). The Hall–Kier alpha value is -2.52. The number of carbonyl (C=O) groups excluding carboxylic acids is 2. The van der Waals surface area contributed by atoms with Crippen molar-refractivity contribution >= 4 is 40.4 Å². The molecule has 3 unspecified atom stereocenters. The first-order valence-corrected chi connectivity index (χ1v) is 11.3. The second kappa shape index (κ2) is 11.0. The SMILES string of the molecule is CSCCC(N)C(=O)NC(C(=O)NC(Cc1c[nH]c2ccccc12)C(=O)O)C(C)C. The van der Waals surface area contributed by atoms with Crippen molar-refractivity contribution in [3.63, 3.8) is 0 Å². The number of carboxylic acid groups (broad SMARTS) is 1. The van der Waals surface area contributed by atoms with Crippen molar-refractivity contribution in [1.29, 1.82) is 0 Å². The maximum Gasteiger partial charge on any atom is 0.326 e. The maximum absolute atomic E-state index is 12.8. The smallest absolute Gasteiger partial charge is 0.326 e. The number of H-pyrrole nitrogens is 1. The Morgan fingerprint density at radius 2 is 1.87 bits per heavy atom. The molecule has 9 heteroatoms. The molecule has 30 heavy (non-hydrogen) atoms. The van der Waals surface area contributed by atoms with E-state index in [1.54, 1.807) is 31.8 Å². The summed E-state index contributed by atoms with van der Waals surface area (Å²) >= 11 is 1.59. The van der Waals surface area contributed by atoms with Crippen molar-refractivity contribution in [2.75, 3.05) is 12.0 Å². The number of nitrogens with one attached hydrogen (secondary N) is 3. The van der Waals surface area contributed by atoms with Crippen molar-refractivity contribution in [2.24, 2.45) is 11.7 Å². The summed E-state index contributed by atoms with van der Waals surface area (Å²) in [6, 6.07) is 4.85. The molecule has 164 valence electrons. The fraction of sp³-hybridized carbons (Fsp3) is 0.476. The highest BCUT2D eigenvalue weighted by Crippen LogP contribution is 2.19. The lowest BCUT2D eigenvalue weighted by atomic mass is 10.0. The van der Waals surface area contributed by atoms with Gasteiger partial charge in [0.05, 0.1) is 6.04 Å². The first-order chi connectivity index (χ1) is 14.2. The van der Waals surface area contributed by atoms with E-state index in [0.29, 0.717) is 6.42 Å². The number of amides is 2. The van der Waals surface area contributed by atoms with E-state index in [2.05, 4.69) is 15.6 Å². The maximum atomic E-state index is 12.8. The fourth-order valence-corrected chi connectivity index (χ4v) is 3.64. The number of carboxylic acids is 1. The summed E-state index contributed by atoms with van der Waals surface area (Å²) in [5.74, 6) is -1.59. The molecule has 0 aliphatic rings. The van der Waals surface area contributed by atoms with E-state index in [-0.39, 0.29) is 12.3 Å². The summed E-state index contributed by atoms with van der Waals surface area (Å²) in [7, 11) is 0. The van der Waals surface area contributed by atoms with Gasteiger partial charge in [-0.1, -0.05) is 32.0 Å². The zero-order valence-corrected chi connectivity index (χ0v) is 18.3. The van der Waals surface area contributed by atoms with Crippen LogP contribution in [0.5, 0.6) is 0 Å². The zero-order chi connectivity index (χ0) is 22.3. The highest BCUT2D eigenvalue weighted by Gasteiger charge is 2.30. The monoisotopic (exact) mass is 434 g/mol. The van der Waals surface area contributed by atoms with Gasteiger partial charge >= 0.3 is 5.97 Å². The predicted molar refractivity (Wildman–Crippen MR) is 119 cm³/mol. The molecule has 8 nitrogen and oxygen atoms in total. The third kappa shape index (κ3) is 6.24. The molecular weight excluding hydrogens is 404 g/mol. The molecule has 3 atom stereocenters. The third-order valence-corrected chi connectivity index (χ3v) is 5.57. The second-order valence-corrected chi connectivity index (χ2v) is 8.57. The summed E-state index contributed by atoms with van der Waals surface area (Å²) in [6.07, 6.45) is 4.29. The number of fused-ring (bicyclic) bond motifs is 1. The molecular formula is C21H30N4O4S. The van der Waals surface area contributed by atoms with Crippen molar-refractivity contribution in [1.82, 2.24) is 15.6 Å². The first-order valence-electron chi connectivity index (χ1n) is 9.87. The lowest BCUT2D eigenvalue weighted by Gasteiger charge is -2.25. The van der Waals surface area contributed by atoms with E-state index in [1.807, 2.05) is 30.5 Å². The lowest BCUT2D eigenvalue weighted by Crippen LogP contribution is -2.56. The van der Waals surface area contributed by atoms with Crippen LogP contribution in [-0.4, -0.2) is 58.0 Å². The van der Waals surface area contributed by atoms with Crippen molar-refractivity contribution < 1.29 is 19.5 Å². The van der Waals surface area contributed by atoms with Crippen LogP contribution in [0.1, 0.15) is 25.8 Å². The number of aromatic amines is 1. The number of benzene rings is 1. The zero-order valence-electron chi connectivity index (χ0n) is 17.5. The number of hydrogen-bond acceptors (Lipinski definition) is 5. The van der Waals surface area contributed by atoms with Gasteiger partial charge in [-0.25, -0.2) is 4.79 Å². The normalized spacial score (nSPS) is 14.3. The van der Waals surface area contributed by atoms with Crippen LogP contribution in [-0.2, 0) is 20.8 Å². The molecule has 1 aromatic carbocycles. The lowest BCUT2D eigenvalue weighted by molar-refractivity contribution is -0.142. The summed E-state index contributed by atoms with van der Waals surface area (Å²) in [6.45, 7) is 3.57. The van der Waals surface area contributed by atoms with Gasteiger partial charge in [0.25, 0.3) is 0 Å². The van der Waals surface area contributed by atoms with E-state index >= 15 is 0 Å². The molecule has 0 aliphatic heterocycles. The molecule has 2 rings (SSSR count). The van der Waals surface area contributed by atoms with E-state index in [4.69, 9.17) is 5.73 Å². The van der Waals surface area contributed by atoms with Crippen LogP contribution in [0.3, 0.4) is 0 Å². The number of carbonyl (C=O) groups is 3. The molecule has 0 saturated heterocycles. The molecule has 0 saturated carbocycles. The number of hydrogen-bond donors (Lipinski definition) is 5. The average molecular weight is 435 g/mol. The Kier molecular flexibility index (Phi) is 8.73. The summed E-state index contributed by atoms with van der Waals surface area (Å²) in [5.41, 5.74) is 7.58. The highest BCUT2D eigenvalue weighted by molar-refractivity contribution is 7.98. The predicted octanol–water partition coefficient (Wildman–Crippen LogP) is 1.50. The van der Waals surface area contributed by atoms with Crippen LogP contribution in [0, 0.1) is 5.92 Å². The quantitative estimate of drug-likeness (QED) is 0.363. The molecule has 6 N–H and O–H groups in total. The Bertz CT molecular complexity index is 883. The van der Waals surface area contributed by atoms with Gasteiger partial charge in [0.15, 0.2) is 0 Å². The van der Waals surface area contributed by atoms with Crippen LogP contribution in [0.15, 0.2) is 30.5 Å². The average Bonchev–Trinajstić information content (AvgIpc) is 3.11. The van der Waals surface area contributed by atoms with E-state index in [9.17, 15) is 19.5 Å². The minimum Gasteiger partial charge on any atom is -0.480 e. The third-order valence-electron chi connectivity index (χ3n) is 4.93. The van der Waals surface area contributed by atoms with Crippen LogP contribution in [0.4, 0.5) is 0 Å². The van der Waals surface area contributed by atoms with Gasteiger partial charge in [-0.3, -0.25) is 9.59 Å². The van der Waals surface area contributed by atoms with E-state index < -0.39 is 35.9 Å². The van der Waals surface area contributed by atoms with Crippen LogP contribution in [0.25, 0.3) is 10.9 Å². The minimum atomic E-state index is -1.14. The van der Waals surface area contributed by atoms with Crippen LogP contribution < -0.4 is 16.4 Å². The summed E-state index contributed by atoms with van der Waals surface area (Å²) in [4.78, 5) is 40.1.